The number of rotatable bonds is 3. The van der Waals surface area contributed by atoms with Crippen LogP contribution in [0, 0.1) is 12.7 Å². The van der Waals surface area contributed by atoms with Crippen molar-refractivity contribution in [2.45, 2.75) is 6.92 Å². The molecule has 0 aliphatic heterocycles. The zero-order chi connectivity index (χ0) is 10.6. The summed E-state index contributed by atoms with van der Waals surface area (Å²) in [5, 5.41) is 3.88. The van der Waals surface area contributed by atoms with Crippen LogP contribution in [0.4, 0.5) is 4.39 Å². The Morgan fingerprint density at radius 1 is 1.64 bits per heavy atom. The molecule has 0 unspecified atom stereocenters. The van der Waals surface area contributed by atoms with E-state index in [4.69, 9.17) is 11.6 Å². The molecule has 0 heterocycles. The molecule has 1 aromatic rings. The number of nitrogens with zero attached hydrogens (tertiary/aromatic N) is 1. The van der Waals surface area contributed by atoms with Crippen molar-refractivity contribution < 1.29 is 4.39 Å². The summed E-state index contributed by atoms with van der Waals surface area (Å²) in [6.07, 6.45) is 0. The smallest absolute Gasteiger partial charge is 0.160 e. The molecule has 76 valence electrons. The third kappa shape index (κ3) is 3.29. The first-order chi connectivity index (χ1) is 6.65. The number of hydrogen-bond acceptors (Lipinski definition) is 3. The van der Waals surface area contributed by atoms with Crippen molar-refractivity contribution in [3.8, 4) is 0 Å². The lowest BCUT2D eigenvalue weighted by atomic mass is 10.1. The van der Waals surface area contributed by atoms with Gasteiger partial charge in [-0.15, -0.1) is 0 Å². The van der Waals surface area contributed by atoms with E-state index in [0.717, 1.165) is 5.56 Å². The van der Waals surface area contributed by atoms with Gasteiger partial charge < -0.3 is 0 Å². The number of hydrogen-bond donors (Lipinski definition) is 1. The van der Waals surface area contributed by atoms with Gasteiger partial charge in [0.15, 0.2) is 5.17 Å². The van der Waals surface area contributed by atoms with Crippen molar-refractivity contribution in [3.63, 3.8) is 0 Å². The van der Waals surface area contributed by atoms with Gasteiger partial charge in [-0.25, -0.2) is 9.22 Å². The third-order valence-corrected chi connectivity index (χ3v) is 2.56. The molecular weight excluding hydrogens is 338 g/mol. The maximum absolute atomic E-state index is 13.2. The van der Waals surface area contributed by atoms with Crippen LogP contribution in [-0.2, 0) is 0 Å². The molecule has 0 saturated carbocycles. The van der Waals surface area contributed by atoms with E-state index in [1.54, 1.807) is 12.1 Å². The van der Waals surface area contributed by atoms with Crippen LogP contribution >= 0.6 is 41.9 Å². The Kier molecular flexibility index (Phi) is 4.97. The van der Waals surface area contributed by atoms with E-state index in [2.05, 4.69) is 9.93 Å². The molecule has 14 heavy (non-hydrogen) atoms. The molecule has 1 aromatic carbocycles. The largest absolute Gasteiger partial charge is 0.241 e. The summed E-state index contributed by atoms with van der Waals surface area (Å²) < 4.78 is 13.2. The van der Waals surface area contributed by atoms with Crippen molar-refractivity contribution in [2.75, 3.05) is 0 Å². The fraction of sp³-hybridized carbons (Fsp3) is 0.125. The zero-order valence-corrected chi connectivity index (χ0v) is 11.0. The van der Waals surface area contributed by atoms with Crippen molar-refractivity contribution in [3.05, 3.63) is 35.1 Å². The van der Waals surface area contributed by atoms with Crippen molar-refractivity contribution >= 4 is 47.1 Å². The van der Waals surface area contributed by atoms with Gasteiger partial charge in [-0.3, -0.25) is 0 Å². The summed E-state index contributed by atoms with van der Waals surface area (Å²) in [6.45, 7) is 1.87. The standard InChI is InChI=1S/C8H7ClFIN2S/c1-5-2-3-7(10)6(4-5)8(9)12-13-14-11/h2-4,13H,1H3/b12-8-. The van der Waals surface area contributed by atoms with Gasteiger partial charge in [-0.05, 0) is 19.1 Å². The Morgan fingerprint density at radius 2 is 2.36 bits per heavy atom. The summed E-state index contributed by atoms with van der Waals surface area (Å²) in [5.41, 5.74) is 1.25. The van der Waals surface area contributed by atoms with Gasteiger partial charge in [0.05, 0.1) is 0 Å². The lowest BCUT2D eigenvalue weighted by Crippen LogP contribution is -2.01. The van der Waals surface area contributed by atoms with Gasteiger partial charge in [0.2, 0.25) is 0 Å². The Balaban J connectivity index is 2.99. The molecule has 0 bridgehead atoms. The number of hydrazone groups is 1. The summed E-state index contributed by atoms with van der Waals surface area (Å²) >= 11 is 7.79. The summed E-state index contributed by atoms with van der Waals surface area (Å²) in [6, 6.07) is 4.71. The normalized spacial score (nSPS) is 11.6. The molecule has 0 atom stereocenters. The van der Waals surface area contributed by atoms with Crippen molar-refractivity contribution in [1.29, 1.82) is 0 Å². The topological polar surface area (TPSA) is 24.4 Å². The van der Waals surface area contributed by atoms with Crippen molar-refractivity contribution in [2.24, 2.45) is 5.10 Å². The molecule has 0 spiro atoms. The van der Waals surface area contributed by atoms with Gasteiger partial charge in [-0.1, -0.05) is 23.2 Å². The molecule has 0 aromatic heterocycles. The summed E-state index contributed by atoms with van der Waals surface area (Å²) in [7, 11) is 1.26. The quantitative estimate of drug-likeness (QED) is 0.392. The third-order valence-electron chi connectivity index (χ3n) is 1.52. The van der Waals surface area contributed by atoms with Crippen LogP contribution in [0.15, 0.2) is 23.3 Å². The van der Waals surface area contributed by atoms with E-state index in [9.17, 15) is 4.39 Å². The second-order valence-corrected chi connectivity index (χ2v) is 4.57. The van der Waals surface area contributed by atoms with Crippen LogP contribution in [0.2, 0.25) is 0 Å². The van der Waals surface area contributed by atoms with E-state index in [1.165, 1.54) is 15.2 Å². The maximum Gasteiger partial charge on any atom is 0.160 e. The molecule has 1 N–H and O–H groups in total. The fourth-order valence-electron chi connectivity index (χ4n) is 0.915. The van der Waals surface area contributed by atoms with E-state index in [0.29, 0.717) is 5.56 Å². The molecule has 0 aliphatic rings. The summed E-state index contributed by atoms with van der Waals surface area (Å²) in [4.78, 5) is 2.59. The summed E-state index contributed by atoms with van der Waals surface area (Å²) in [5.74, 6) is -0.371. The zero-order valence-electron chi connectivity index (χ0n) is 7.22. The first kappa shape index (κ1) is 12.1. The molecular formula is C8H7ClFIN2S. The highest BCUT2D eigenvalue weighted by Gasteiger charge is 2.07. The first-order valence-corrected chi connectivity index (χ1v) is 7.41. The van der Waals surface area contributed by atoms with Crippen LogP contribution < -0.4 is 4.83 Å². The fourth-order valence-corrected chi connectivity index (χ4v) is 1.57. The molecule has 0 fully saturated rings. The number of halogens is 3. The van der Waals surface area contributed by atoms with Crippen LogP contribution in [0.5, 0.6) is 0 Å². The van der Waals surface area contributed by atoms with E-state index >= 15 is 0 Å². The number of aryl methyl sites for hydroxylation is 1. The van der Waals surface area contributed by atoms with Gasteiger partial charge in [0.1, 0.15) is 5.82 Å². The molecule has 0 saturated heterocycles. The Labute approximate surface area is 103 Å². The van der Waals surface area contributed by atoms with Crippen molar-refractivity contribution in [1.82, 2.24) is 4.83 Å². The molecule has 0 amide bonds. The molecule has 6 heteroatoms. The number of nitrogens with one attached hydrogen (secondary N) is 1. The van der Waals surface area contributed by atoms with Gasteiger partial charge in [0.25, 0.3) is 0 Å². The van der Waals surface area contributed by atoms with E-state index in [-0.39, 0.29) is 11.0 Å². The van der Waals surface area contributed by atoms with Gasteiger partial charge in [0, 0.05) is 35.9 Å². The monoisotopic (exact) mass is 344 g/mol. The molecule has 0 aliphatic carbocycles. The lowest BCUT2D eigenvalue weighted by molar-refractivity contribution is 0.625. The lowest BCUT2D eigenvalue weighted by Gasteiger charge is -2.01. The highest BCUT2D eigenvalue weighted by molar-refractivity contribution is 14.2. The second-order valence-electron chi connectivity index (χ2n) is 2.55. The predicted octanol–water partition coefficient (Wildman–Crippen LogP) is 3.62. The second kappa shape index (κ2) is 5.77. The van der Waals surface area contributed by atoms with Crippen LogP contribution in [-0.4, -0.2) is 5.17 Å². The number of benzene rings is 1. The Morgan fingerprint density at radius 3 is 3.00 bits per heavy atom. The predicted molar refractivity (Wildman–Crippen MR) is 68.3 cm³/mol. The average Bonchev–Trinajstić information content (AvgIpc) is 2.18. The van der Waals surface area contributed by atoms with Gasteiger partial charge >= 0.3 is 0 Å². The maximum atomic E-state index is 13.2. The minimum Gasteiger partial charge on any atom is -0.241 e. The Bertz CT molecular complexity index is 359. The molecule has 2 nitrogen and oxygen atoms in total. The van der Waals surface area contributed by atoms with E-state index < -0.39 is 0 Å². The minimum absolute atomic E-state index is 0.121. The van der Waals surface area contributed by atoms with Crippen LogP contribution in [0.3, 0.4) is 0 Å². The minimum atomic E-state index is -0.371. The Hall–Kier alpha value is -0.0100. The molecule has 1 rings (SSSR count). The molecule has 0 radical (unpaired) electrons. The van der Waals surface area contributed by atoms with Crippen LogP contribution in [0.25, 0.3) is 0 Å². The van der Waals surface area contributed by atoms with E-state index in [1.807, 2.05) is 28.1 Å². The van der Waals surface area contributed by atoms with Crippen LogP contribution in [0.1, 0.15) is 11.1 Å². The average molecular weight is 345 g/mol. The SMILES string of the molecule is Cc1ccc(F)c(/C(Cl)=N/NSI)c1. The first-order valence-electron chi connectivity index (χ1n) is 3.67. The highest BCUT2D eigenvalue weighted by atomic mass is 127. The van der Waals surface area contributed by atoms with Gasteiger partial charge in [-0.2, -0.15) is 5.10 Å². The highest BCUT2D eigenvalue weighted by Crippen LogP contribution is 2.14.